The first-order valence-electron chi connectivity index (χ1n) is 9.01. The standard InChI is InChI=1S/C21H19NO9/c1-28-10-4-5-15-12(6-10)18(24)14(9-31-15)11(7-16(23)29-2)17-19(25)13(21(27)30-3)8-22-20(17)26/h4-6,8-9,11H,7H2,1-3H3,(H2,22,25,26)/t11-/m0/s1. The predicted octanol–water partition coefficient (Wildman–Crippen LogP) is 1.68. The summed E-state index contributed by atoms with van der Waals surface area (Å²) in [5.41, 5.74) is -1.89. The molecule has 0 saturated heterocycles. The number of hydrogen-bond acceptors (Lipinski definition) is 9. The number of aromatic amines is 1. The molecule has 0 fully saturated rings. The first kappa shape index (κ1) is 21.6. The molecule has 0 bridgehead atoms. The van der Waals surface area contributed by atoms with Crippen LogP contribution in [0.5, 0.6) is 11.5 Å². The first-order chi connectivity index (χ1) is 14.8. The average Bonchev–Trinajstić information content (AvgIpc) is 2.78. The van der Waals surface area contributed by atoms with Gasteiger partial charge in [0.2, 0.25) is 0 Å². The molecule has 31 heavy (non-hydrogen) atoms. The number of H-pyrrole nitrogens is 1. The lowest BCUT2D eigenvalue weighted by Gasteiger charge is -2.17. The second-order valence-corrected chi connectivity index (χ2v) is 6.50. The normalized spacial score (nSPS) is 11.7. The molecule has 162 valence electrons. The Hall–Kier alpha value is -4.08. The summed E-state index contributed by atoms with van der Waals surface area (Å²) >= 11 is 0. The Bertz CT molecular complexity index is 1270. The maximum atomic E-state index is 13.2. The minimum absolute atomic E-state index is 0.0889. The van der Waals surface area contributed by atoms with E-state index < -0.39 is 41.0 Å². The van der Waals surface area contributed by atoms with Crippen molar-refractivity contribution in [3.05, 3.63) is 67.9 Å². The summed E-state index contributed by atoms with van der Waals surface area (Å²) in [6.45, 7) is 0. The Morgan fingerprint density at radius 2 is 1.90 bits per heavy atom. The lowest BCUT2D eigenvalue weighted by atomic mass is 9.88. The number of ether oxygens (including phenoxy) is 3. The van der Waals surface area contributed by atoms with Gasteiger partial charge in [-0.05, 0) is 18.2 Å². The number of aromatic nitrogens is 1. The van der Waals surface area contributed by atoms with Crippen molar-refractivity contribution in [1.82, 2.24) is 4.98 Å². The van der Waals surface area contributed by atoms with Crippen LogP contribution in [0.2, 0.25) is 0 Å². The van der Waals surface area contributed by atoms with E-state index in [1.165, 1.54) is 19.2 Å². The van der Waals surface area contributed by atoms with Gasteiger partial charge in [-0.3, -0.25) is 14.4 Å². The number of aromatic hydroxyl groups is 1. The van der Waals surface area contributed by atoms with Crippen LogP contribution in [0, 0.1) is 0 Å². The lowest BCUT2D eigenvalue weighted by Crippen LogP contribution is -2.25. The quantitative estimate of drug-likeness (QED) is 0.559. The fraction of sp³-hybridized carbons (Fsp3) is 0.238. The van der Waals surface area contributed by atoms with Crippen LogP contribution in [0.4, 0.5) is 0 Å². The van der Waals surface area contributed by atoms with Gasteiger partial charge < -0.3 is 28.7 Å². The Kier molecular flexibility index (Phi) is 6.10. The smallest absolute Gasteiger partial charge is 0.343 e. The third kappa shape index (κ3) is 4.00. The molecule has 2 aromatic heterocycles. The molecule has 2 heterocycles. The van der Waals surface area contributed by atoms with Crippen molar-refractivity contribution in [2.75, 3.05) is 21.3 Å². The molecule has 0 radical (unpaired) electrons. The van der Waals surface area contributed by atoms with E-state index in [1.807, 2.05) is 0 Å². The van der Waals surface area contributed by atoms with Gasteiger partial charge in [0.25, 0.3) is 5.56 Å². The van der Waals surface area contributed by atoms with E-state index in [9.17, 15) is 24.3 Å². The van der Waals surface area contributed by atoms with Crippen molar-refractivity contribution in [3.8, 4) is 11.5 Å². The van der Waals surface area contributed by atoms with Gasteiger partial charge in [0.1, 0.15) is 22.6 Å². The number of benzene rings is 1. The molecule has 0 amide bonds. The molecule has 0 unspecified atom stereocenters. The van der Waals surface area contributed by atoms with E-state index in [4.69, 9.17) is 9.15 Å². The molecule has 0 spiro atoms. The van der Waals surface area contributed by atoms with Crippen LogP contribution in [-0.2, 0) is 14.3 Å². The molecule has 1 atom stereocenters. The van der Waals surface area contributed by atoms with Crippen LogP contribution >= 0.6 is 0 Å². The van der Waals surface area contributed by atoms with Crippen LogP contribution < -0.4 is 15.7 Å². The van der Waals surface area contributed by atoms with Gasteiger partial charge in [-0.2, -0.15) is 0 Å². The number of nitrogens with one attached hydrogen (secondary N) is 1. The van der Waals surface area contributed by atoms with Gasteiger partial charge in [-0.15, -0.1) is 0 Å². The van der Waals surface area contributed by atoms with Gasteiger partial charge in [0.15, 0.2) is 5.43 Å². The highest BCUT2D eigenvalue weighted by Crippen LogP contribution is 2.33. The molecule has 10 nitrogen and oxygen atoms in total. The Balaban J connectivity index is 2.31. The number of hydrogen-bond donors (Lipinski definition) is 2. The van der Waals surface area contributed by atoms with Crippen molar-refractivity contribution in [1.29, 1.82) is 0 Å². The highest BCUT2D eigenvalue weighted by molar-refractivity contribution is 5.92. The van der Waals surface area contributed by atoms with E-state index in [0.717, 1.165) is 26.7 Å². The van der Waals surface area contributed by atoms with Crippen LogP contribution in [0.1, 0.15) is 33.8 Å². The number of methoxy groups -OCH3 is 3. The molecule has 0 aliphatic heterocycles. The van der Waals surface area contributed by atoms with Gasteiger partial charge in [-0.1, -0.05) is 0 Å². The summed E-state index contributed by atoms with van der Waals surface area (Å²) < 4.78 is 20.0. The average molecular weight is 429 g/mol. The maximum absolute atomic E-state index is 13.2. The molecule has 10 heteroatoms. The van der Waals surface area contributed by atoms with E-state index in [2.05, 4.69) is 14.5 Å². The highest BCUT2D eigenvalue weighted by Gasteiger charge is 2.30. The third-order valence-corrected chi connectivity index (χ3v) is 4.84. The summed E-state index contributed by atoms with van der Waals surface area (Å²) in [4.78, 5) is 52.2. The minimum atomic E-state index is -1.27. The van der Waals surface area contributed by atoms with Crippen molar-refractivity contribution < 1.29 is 33.3 Å². The molecule has 1 aromatic carbocycles. The number of carbonyl (C=O) groups excluding carboxylic acids is 2. The summed E-state index contributed by atoms with van der Waals surface area (Å²) in [6.07, 6.45) is 1.61. The van der Waals surface area contributed by atoms with E-state index in [-0.39, 0.29) is 27.7 Å². The second-order valence-electron chi connectivity index (χ2n) is 6.50. The van der Waals surface area contributed by atoms with Crippen molar-refractivity contribution in [2.45, 2.75) is 12.3 Å². The summed E-state index contributed by atoms with van der Waals surface area (Å²) in [7, 11) is 3.68. The molecule has 3 aromatic rings. The van der Waals surface area contributed by atoms with Crippen LogP contribution in [0.15, 0.2) is 44.7 Å². The topological polar surface area (TPSA) is 145 Å². The van der Waals surface area contributed by atoms with Gasteiger partial charge in [0.05, 0.1) is 45.0 Å². The van der Waals surface area contributed by atoms with Gasteiger partial charge >= 0.3 is 11.9 Å². The zero-order valence-electron chi connectivity index (χ0n) is 16.9. The maximum Gasteiger partial charge on any atom is 0.343 e. The monoisotopic (exact) mass is 429 g/mol. The van der Waals surface area contributed by atoms with E-state index >= 15 is 0 Å². The lowest BCUT2D eigenvalue weighted by molar-refractivity contribution is -0.140. The molecule has 3 rings (SSSR count). The zero-order valence-corrected chi connectivity index (χ0v) is 16.9. The SMILES string of the molecule is COC(=O)C[C@H](c1c(O)c(C(=O)OC)c[nH]c1=O)c1coc2ccc(OC)cc2c1=O. The van der Waals surface area contributed by atoms with E-state index in [1.54, 1.807) is 6.07 Å². The largest absolute Gasteiger partial charge is 0.506 e. The Labute approximate surface area is 175 Å². The fourth-order valence-electron chi connectivity index (χ4n) is 3.24. The predicted molar refractivity (Wildman–Crippen MR) is 108 cm³/mol. The number of pyridine rings is 1. The minimum Gasteiger partial charge on any atom is -0.506 e. The third-order valence-electron chi connectivity index (χ3n) is 4.84. The van der Waals surface area contributed by atoms with Crippen LogP contribution in [0.25, 0.3) is 11.0 Å². The van der Waals surface area contributed by atoms with Crippen LogP contribution in [-0.4, -0.2) is 43.4 Å². The number of rotatable bonds is 6. The van der Waals surface area contributed by atoms with Gasteiger partial charge in [0, 0.05) is 17.7 Å². The second kappa shape index (κ2) is 8.74. The first-order valence-corrected chi connectivity index (χ1v) is 9.01. The number of carbonyl (C=O) groups is 2. The van der Waals surface area contributed by atoms with Gasteiger partial charge in [-0.25, -0.2) is 4.79 Å². The van der Waals surface area contributed by atoms with Crippen molar-refractivity contribution in [2.24, 2.45) is 0 Å². The zero-order chi connectivity index (χ0) is 22.7. The highest BCUT2D eigenvalue weighted by atomic mass is 16.5. The molecule has 0 aliphatic carbocycles. The molecule has 2 N–H and O–H groups in total. The number of esters is 2. The fourth-order valence-corrected chi connectivity index (χ4v) is 3.24. The molecule has 0 aliphatic rings. The van der Waals surface area contributed by atoms with Crippen LogP contribution in [0.3, 0.4) is 0 Å². The molecule has 0 saturated carbocycles. The number of fused-ring (bicyclic) bond motifs is 1. The molecular formula is C21H19NO9. The Morgan fingerprint density at radius 3 is 2.55 bits per heavy atom. The Morgan fingerprint density at radius 1 is 1.16 bits per heavy atom. The summed E-state index contributed by atoms with van der Waals surface area (Å²) in [6, 6.07) is 4.60. The summed E-state index contributed by atoms with van der Waals surface area (Å²) in [5.74, 6) is -3.25. The van der Waals surface area contributed by atoms with Crippen molar-refractivity contribution in [3.63, 3.8) is 0 Å². The van der Waals surface area contributed by atoms with Crippen molar-refractivity contribution >= 4 is 22.9 Å². The molecular weight excluding hydrogens is 410 g/mol. The summed E-state index contributed by atoms with van der Waals surface area (Å²) in [5, 5.41) is 10.8. The van der Waals surface area contributed by atoms with E-state index in [0.29, 0.717) is 5.75 Å².